The number of benzene rings is 2. The Balaban J connectivity index is 1.56. The predicted octanol–water partition coefficient (Wildman–Crippen LogP) is 6.45. The average molecular weight is 687 g/mol. The van der Waals surface area contributed by atoms with E-state index in [0.717, 1.165) is 10.0 Å². The topological polar surface area (TPSA) is 133 Å². The van der Waals surface area contributed by atoms with E-state index >= 15 is 0 Å². The van der Waals surface area contributed by atoms with Crippen molar-refractivity contribution >= 4 is 38.8 Å². The molecule has 0 spiro atoms. The molecule has 0 aliphatic carbocycles. The van der Waals surface area contributed by atoms with Gasteiger partial charge in [-0.05, 0) is 89.1 Å². The molecule has 0 bridgehead atoms. The van der Waals surface area contributed by atoms with Gasteiger partial charge in [0.1, 0.15) is 5.82 Å². The minimum Gasteiger partial charge on any atom is -0.408 e. The lowest BCUT2D eigenvalue weighted by Gasteiger charge is -2.26. The molecule has 1 aliphatic rings. The van der Waals surface area contributed by atoms with Gasteiger partial charge in [-0.3, -0.25) is 24.1 Å². The average Bonchev–Trinajstić information content (AvgIpc) is 3.45. The number of nitrogens with one attached hydrogen (secondary N) is 1. The van der Waals surface area contributed by atoms with Gasteiger partial charge in [0.15, 0.2) is 5.58 Å². The molecule has 2 atom stereocenters. The third-order valence-corrected chi connectivity index (χ3v) is 8.89. The number of nitrogens with two attached hydrogens (primary N) is 1. The maximum absolute atomic E-state index is 13.8. The van der Waals surface area contributed by atoms with Crippen molar-refractivity contribution in [2.45, 2.75) is 58.5 Å². The van der Waals surface area contributed by atoms with E-state index in [2.05, 4.69) is 26.2 Å². The molecule has 1 unspecified atom stereocenters. The molecule has 3 N–H and O–H groups in total. The Morgan fingerprint density at radius 3 is 2.48 bits per heavy atom. The predicted molar refractivity (Wildman–Crippen MR) is 176 cm³/mol. The van der Waals surface area contributed by atoms with Crippen molar-refractivity contribution in [1.82, 2.24) is 19.9 Å². The SMILES string of the molecule is CCC(c1ccc(Br)cn1)n1c(=O)oc2cc(-c3c(C(N)=O)c(CC(C)C)nc4c3C(=O)N[C@@]4(C)Cc3ccc(F)cc3)ccc21. The number of fused-ring (bicyclic) bond motifs is 2. The maximum Gasteiger partial charge on any atom is 0.420 e. The highest BCUT2D eigenvalue weighted by molar-refractivity contribution is 9.10. The van der Waals surface area contributed by atoms with Gasteiger partial charge in [0.2, 0.25) is 0 Å². The van der Waals surface area contributed by atoms with Crippen LogP contribution in [0.3, 0.4) is 0 Å². The van der Waals surface area contributed by atoms with Crippen molar-refractivity contribution in [1.29, 1.82) is 0 Å². The molecule has 3 aromatic heterocycles. The van der Waals surface area contributed by atoms with Gasteiger partial charge >= 0.3 is 5.76 Å². The molecule has 9 nitrogen and oxygen atoms in total. The van der Waals surface area contributed by atoms with Crippen molar-refractivity contribution < 1.29 is 18.4 Å². The fourth-order valence-electron chi connectivity index (χ4n) is 6.45. The van der Waals surface area contributed by atoms with Gasteiger partial charge in [-0.2, -0.15) is 0 Å². The number of pyridine rings is 2. The molecule has 5 aromatic rings. The number of hydrogen-bond acceptors (Lipinski definition) is 6. The van der Waals surface area contributed by atoms with Gasteiger partial charge in [-0.15, -0.1) is 0 Å². The number of halogens is 2. The van der Waals surface area contributed by atoms with Crippen molar-refractivity contribution in [3.63, 3.8) is 0 Å². The van der Waals surface area contributed by atoms with Crippen LogP contribution in [-0.2, 0) is 18.4 Å². The molecule has 2 aromatic carbocycles. The lowest BCUT2D eigenvalue weighted by molar-refractivity contribution is 0.0935. The van der Waals surface area contributed by atoms with Crippen LogP contribution in [0.4, 0.5) is 4.39 Å². The minimum absolute atomic E-state index is 0.123. The third-order valence-electron chi connectivity index (χ3n) is 8.42. The minimum atomic E-state index is -0.951. The van der Waals surface area contributed by atoms with Crippen molar-refractivity contribution in [3.05, 3.63) is 115 Å². The van der Waals surface area contributed by atoms with Gasteiger partial charge in [0.25, 0.3) is 11.8 Å². The van der Waals surface area contributed by atoms with Crippen molar-refractivity contribution in [3.8, 4) is 11.1 Å². The Morgan fingerprint density at radius 1 is 1.11 bits per heavy atom. The second kappa shape index (κ2) is 11.9. The van der Waals surface area contributed by atoms with E-state index in [4.69, 9.17) is 15.1 Å². The summed E-state index contributed by atoms with van der Waals surface area (Å²) in [6.45, 7) is 7.84. The molecule has 236 valence electrons. The van der Waals surface area contributed by atoms with E-state index in [1.807, 2.05) is 39.8 Å². The molecule has 0 saturated heterocycles. The number of aromatic nitrogens is 3. The number of primary amides is 1. The summed E-state index contributed by atoms with van der Waals surface area (Å²) in [6, 6.07) is 14.6. The summed E-state index contributed by atoms with van der Waals surface area (Å²) in [7, 11) is 0. The van der Waals surface area contributed by atoms with E-state index in [-0.39, 0.29) is 34.5 Å². The highest BCUT2D eigenvalue weighted by Crippen LogP contribution is 2.42. The summed E-state index contributed by atoms with van der Waals surface area (Å²) in [5.41, 5.74) is 9.58. The molecule has 1 aliphatic heterocycles. The molecular formula is C35H33BrFN5O4. The Kier molecular flexibility index (Phi) is 8.14. The first-order valence-electron chi connectivity index (χ1n) is 15.1. The molecule has 0 fully saturated rings. The van der Waals surface area contributed by atoms with Crippen LogP contribution in [-0.4, -0.2) is 26.3 Å². The number of nitrogens with zero attached hydrogens (tertiary/aromatic N) is 3. The summed E-state index contributed by atoms with van der Waals surface area (Å²) in [5.74, 6) is -1.91. The van der Waals surface area contributed by atoms with E-state index < -0.39 is 23.1 Å². The summed E-state index contributed by atoms with van der Waals surface area (Å²) in [4.78, 5) is 49.7. The third kappa shape index (κ3) is 5.53. The first-order chi connectivity index (χ1) is 21.9. The Bertz CT molecular complexity index is 2050. The van der Waals surface area contributed by atoms with Crippen LogP contribution >= 0.6 is 15.9 Å². The van der Waals surface area contributed by atoms with Crippen LogP contribution in [0.1, 0.15) is 83.5 Å². The van der Waals surface area contributed by atoms with Crippen LogP contribution in [0.5, 0.6) is 0 Å². The number of amides is 2. The number of hydrogen-bond donors (Lipinski definition) is 2. The Morgan fingerprint density at radius 2 is 1.85 bits per heavy atom. The molecule has 6 rings (SSSR count). The van der Waals surface area contributed by atoms with E-state index in [1.54, 1.807) is 41.1 Å². The van der Waals surface area contributed by atoms with Crippen LogP contribution in [0.2, 0.25) is 0 Å². The molecule has 11 heteroatoms. The number of oxazole rings is 1. The fourth-order valence-corrected chi connectivity index (χ4v) is 6.68. The highest BCUT2D eigenvalue weighted by atomic mass is 79.9. The second-order valence-electron chi connectivity index (χ2n) is 12.3. The second-order valence-corrected chi connectivity index (χ2v) is 13.2. The zero-order valence-electron chi connectivity index (χ0n) is 25.9. The van der Waals surface area contributed by atoms with E-state index in [1.165, 1.54) is 12.1 Å². The monoisotopic (exact) mass is 685 g/mol. The zero-order chi connectivity index (χ0) is 32.9. The van der Waals surface area contributed by atoms with Crippen LogP contribution < -0.4 is 16.8 Å². The lowest BCUT2D eigenvalue weighted by Crippen LogP contribution is -2.39. The van der Waals surface area contributed by atoms with Gasteiger partial charge in [0.05, 0.1) is 45.3 Å². The smallest absolute Gasteiger partial charge is 0.408 e. The van der Waals surface area contributed by atoms with Crippen LogP contribution in [0.25, 0.3) is 22.2 Å². The van der Waals surface area contributed by atoms with E-state index in [9.17, 15) is 18.8 Å². The fraction of sp³-hybridized carbons (Fsp3) is 0.286. The Hall–Kier alpha value is -4.64. The summed E-state index contributed by atoms with van der Waals surface area (Å²) in [5, 5.41) is 3.08. The Labute approximate surface area is 273 Å². The normalized spacial score (nSPS) is 16.5. The van der Waals surface area contributed by atoms with Gasteiger partial charge in [0, 0.05) is 22.7 Å². The van der Waals surface area contributed by atoms with E-state index in [0.29, 0.717) is 53.0 Å². The zero-order valence-corrected chi connectivity index (χ0v) is 27.4. The number of carbonyl (C=O) groups is 2. The van der Waals surface area contributed by atoms with Crippen molar-refractivity contribution in [2.24, 2.45) is 11.7 Å². The van der Waals surface area contributed by atoms with Crippen LogP contribution in [0.15, 0.2) is 74.5 Å². The summed E-state index contributed by atoms with van der Waals surface area (Å²) < 4.78 is 21.8. The summed E-state index contributed by atoms with van der Waals surface area (Å²) >= 11 is 3.41. The lowest BCUT2D eigenvalue weighted by atomic mass is 9.84. The number of rotatable bonds is 9. The van der Waals surface area contributed by atoms with Crippen LogP contribution in [0, 0.1) is 11.7 Å². The van der Waals surface area contributed by atoms with Crippen molar-refractivity contribution in [2.75, 3.05) is 0 Å². The molecule has 0 radical (unpaired) electrons. The highest BCUT2D eigenvalue weighted by Gasteiger charge is 2.44. The quantitative estimate of drug-likeness (QED) is 0.183. The maximum atomic E-state index is 13.8. The largest absolute Gasteiger partial charge is 0.420 e. The van der Waals surface area contributed by atoms with Gasteiger partial charge in [-0.25, -0.2) is 9.18 Å². The summed E-state index contributed by atoms with van der Waals surface area (Å²) in [6.07, 6.45) is 3.04. The molecule has 2 amide bonds. The first-order valence-corrected chi connectivity index (χ1v) is 15.9. The van der Waals surface area contributed by atoms with Gasteiger partial charge < -0.3 is 15.5 Å². The molecular weight excluding hydrogens is 653 g/mol. The molecule has 0 saturated carbocycles. The molecule has 46 heavy (non-hydrogen) atoms. The first kappa shape index (κ1) is 31.3. The molecule has 4 heterocycles. The van der Waals surface area contributed by atoms with Gasteiger partial charge in [-0.1, -0.05) is 39.0 Å². The number of carbonyl (C=O) groups excluding carboxylic acids is 2. The standard InChI is InChI=1S/C35H33BrFN5O4/c1-5-25(23-12-9-21(36)17-39-23)42-26-13-8-20(15-27(26)46-34(42)45)28-29(32(38)43)24(14-18(2)3)40-31-30(28)33(44)41-35(31,4)16-19-6-10-22(37)11-7-19/h6-13,15,17-18,25H,5,14,16H2,1-4H3,(H2,38,43)(H,41,44)/t25?,35-/m0/s1.